The van der Waals surface area contributed by atoms with Crippen molar-refractivity contribution in [1.82, 2.24) is 10.2 Å². The van der Waals surface area contributed by atoms with E-state index in [1.165, 1.54) is 24.3 Å². The van der Waals surface area contributed by atoms with E-state index in [0.29, 0.717) is 11.3 Å². The third kappa shape index (κ3) is 4.41. The number of aromatic nitrogens is 2. The molecular weight excluding hydrogens is 392 g/mol. The normalized spacial score (nSPS) is 10.8. The van der Waals surface area contributed by atoms with Crippen molar-refractivity contribution < 1.29 is 14.1 Å². The highest BCUT2D eigenvalue weighted by Gasteiger charge is 2.13. The average molecular weight is 406 g/mol. The molecule has 9 heteroatoms. The Morgan fingerprint density at radius 3 is 2.55 bits per heavy atom. The Hall–Kier alpha value is -3.72. The van der Waals surface area contributed by atoms with Crippen molar-refractivity contribution in [2.24, 2.45) is 0 Å². The molecule has 1 N–H and O–H groups in total. The van der Waals surface area contributed by atoms with Crippen LogP contribution >= 0.6 is 11.8 Å². The van der Waals surface area contributed by atoms with Crippen LogP contribution in [0.4, 0.5) is 11.4 Å². The van der Waals surface area contributed by atoms with E-state index < -0.39 is 4.92 Å². The summed E-state index contributed by atoms with van der Waals surface area (Å²) in [7, 11) is 0. The van der Waals surface area contributed by atoms with E-state index in [4.69, 9.17) is 4.42 Å². The molecule has 0 saturated carbocycles. The topological polar surface area (TPSA) is 111 Å². The Morgan fingerprint density at radius 2 is 1.79 bits per heavy atom. The summed E-state index contributed by atoms with van der Waals surface area (Å²) in [5.74, 6) is 0.145. The molecule has 0 radical (unpaired) electrons. The Kier molecular flexibility index (Phi) is 5.21. The predicted octanol–water partition coefficient (Wildman–Crippen LogP) is 4.53. The van der Waals surface area contributed by atoms with Crippen molar-refractivity contribution in [2.45, 2.75) is 5.22 Å². The third-order valence-corrected chi connectivity index (χ3v) is 4.91. The molecule has 0 bridgehead atoms. The number of amides is 1. The van der Waals surface area contributed by atoms with Gasteiger partial charge in [-0.25, -0.2) is 0 Å². The SMILES string of the molecule is O=C(CSc1nnc(-c2ccc([N+](=O)[O-])cc2)o1)Nc1ccc2ccccc2c1. The number of anilines is 1. The first kappa shape index (κ1) is 18.6. The molecule has 0 atom stereocenters. The number of rotatable bonds is 6. The lowest BCUT2D eigenvalue weighted by Crippen LogP contribution is -2.13. The first-order chi connectivity index (χ1) is 14.1. The van der Waals surface area contributed by atoms with Crippen molar-refractivity contribution in [3.05, 3.63) is 76.8 Å². The number of benzene rings is 3. The standard InChI is InChI=1S/C20H14N4O4S/c25-18(21-16-8-5-13-3-1-2-4-15(13)11-16)12-29-20-23-22-19(28-20)14-6-9-17(10-7-14)24(26)27/h1-11H,12H2,(H,21,25). The van der Waals surface area contributed by atoms with Gasteiger partial charge in [-0.15, -0.1) is 10.2 Å². The maximum Gasteiger partial charge on any atom is 0.277 e. The van der Waals surface area contributed by atoms with Crippen molar-refractivity contribution in [1.29, 1.82) is 0 Å². The van der Waals surface area contributed by atoms with Gasteiger partial charge in [0.2, 0.25) is 11.8 Å². The number of carbonyl (C=O) groups excluding carboxylic acids is 1. The Balaban J connectivity index is 1.36. The number of fused-ring (bicyclic) bond motifs is 1. The van der Waals surface area contributed by atoms with Gasteiger partial charge in [-0.2, -0.15) is 0 Å². The molecule has 3 aromatic carbocycles. The van der Waals surface area contributed by atoms with Crippen LogP contribution in [0.15, 0.2) is 76.4 Å². The zero-order valence-electron chi connectivity index (χ0n) is 14.9. The van der Waals surface area contributed by atoms with Crippen LogP contribution in [0.1, 0.15) is 0 Å². The lowest BCUT2D eigenvalue weighted by atomic mass is 10.1. The zero-order valence-corrected chi connectivity index (χ0v) is 15.8. The molecule has 1 amide bonds. The van der Waals surface area contributed by atoms with Gasteiger partial charge in [0.15, 0.2) is 0 Å². The molecule has 29 heavy (non-hydrogen) atoms. The van der Waals surface area contributed by atoms with Crippen molar-refractivity contribution in [3.8, 4) is 11.5 Å². The Bertz CT molecular complexity index is 1190. The zero-order chi connectivity index (χ0) is 20.2. The number of non-ortho nitro benzene ring substituents is 1. The van der Waals surface area contributed by atoms with Crippen LogP contribution in [0.2, 0.25) is 0 Å². The van der Waals surface area contributed by atoms with Crippen molar-refractivity contribution in [2.75, 3.05) is 11.1 Å². The highest BCUT2D eigenvalue weighted by Crippen LogP contribution is 2.25. The summed E-state index contributed by atoms with van der Waals surface area (Å²) in [6.45, 7) is 0. The molecule has 0 fully saturated rings. The number of nitro groups is 1. The minimum absolute atomic E-state index is 0.0202. The summed E-state index contributed by atoms with van der Waals surface area (Å²) in [5, 5.41) is 23.8. The Morgan fingerprint density at radius 1 is 1.03 bits per heavy atom. The van der Waals surface area contributed by atoms with Gasteiger partial charge >= 0.3 is 0 Å². The molecule has 0 saturated heterocycles. The molecule has 8 nitrogen and oxygen atoms in total. The lowest BCUT2D eigenvalue weighted by Gasteiger charge is -2.05. The maximum absolute atomic E-state index is 12.2. The van der Waals surface area contributed by atoms with Gasteiger partial charge in [0, 0.05) is 23.4 Å². The number of hydrogen-bond donors (Lipinski definition) is 1. The fourth-order valence-corrected chi connectivity index (χ4v) is 3.27. The van der Waals surface area contributed by atoms with E-state index in [9.17, 15) is 14.9 Å². The first-order valence-electron chi connectivity index (χ1n) is 8.58. The summed E-state index contributed by atoms with van der Waals surface area (Å²) in [6, 6.07) is 19.4. The number of nitrogens with one attached hydrogen (secondary N) is 1. The molecule has 0 aliphatic rings. The lowest BCUT2D eigenvalue weighted by molar-refractivity contribution is -0.384. The molecule has 0 unspecified atom stereocenters. The fourth-order valence-electron chi connectivity index (χ4n) is 2.70. The minimum Gasteiger partial charge on any atom is -0.411 e. The summed E-state index contributed by atoms with van der Waals surface area (Å²) < 4.78 is 5.52. The monoisotopic (exact) mass is 406 g/mol. The predicted molar refractivity (Wildman–Crippen MR) is 110 cm³/mol. The Labute approximate surface area is 169 Å². The van der Waals surface area contributed by atoms with E-state index in [1.54, 1.807) is 0 Å². The molecule has 0 aliphatic carbocycles. The molecule has 144 valence electrons. The van der Waals surface area contributed by atoms with Crippen LogP contribution in [0.3, 0.4) is 0 Å². The van der Waals surface area contributed by atoms with Gasteiger partial charge in [-0.05, 0) is 35.0 Å². The van der Waals surface area contributed by atoms with Crippen LogP contribution in [0.5, 0.6) is 0 Å². The molecule has 4 rings (SSSR count). The number of nitrogens with zero attached hydrogens (tertiary/aromatic N) is 3. The van der Waals surface area contributed by atoms with Gasteiger partial charge in [0.25, 0.3) is 10.9 Å². The number of carbonyl (C=O) groups is 1. The number of nitro benzene ring substituents is 1. The van der Waals surface area contributed by atoms with Crippen molar-refractivity contribution in [3.63, 3.8) is 0 Å². The number of thioether (sulfide) groups is 1. The molecule has 4 aromatic rings. The van der Waals surface area contributed by atoms with E-state index in [0.717, 1.165) is 22.5 Å². The summed E-state index contributed by atoms with van der Waals surface area (Å²) >= 11 is 1.11. The molecule has 1 aromatic heterocycles. The molecule has 1 heterocycles. The van der Waals surface area contributed by atoms with Gasteiger partial charge < -0.3 is 9.73 Å². The van der Waals surface area contributed by atoms with Crippen LogP contribution in [-0.2, 0) is 4.79 Å². The quantitative estimate of drug-likeness (QED) is 0.284. The second-order valence-electron chi connectivity index (χ2n) is 6.08. The third-order valence-electron chi connectivity index (χ3n) is 4.09. The minimum atomic E-state index is -0.479. The molecule has 0 aliphatic heterocycles. The van der Waals surface area contributed by atoms with E-state index in [2.05, 4.69) is 15.5 Å². The maximum atomic E-state index is 12.2. The van der Waals surface area contributed by atoms with E-state index in [-0.39, 0.29) is 28.5 Å². The van der Waals surface area contributed by atoms with Crippen LogP contribution in [-0.4, -0.2) is 26.8 Å². The highest BCUT2D eigenvalue weighted by molar-refractivity contribution is 7.99. The molecule has 0 spiro atoms. The second-order valence-corrected chi connectivity index (χ2v) is 7.00. The van der Waals surface area contributed by atoms with Gasteiger partial charge in [-0.1, -0.05) is 42.1 Å². The number of hydrogen-bond acceptors (Lipinski definition) is 7. The summed E-state index contributed by atoms with van der Waals surface area (Å²) in [4.78, 5) is 22.4. The van der Waals surface area contributed by atoms with Gasteiger partial charge in [-0.3, -0.25) is 14.9 Å². The summed E-state index contributed by atoms with van der Waals surface area (Å²) in [5.41, 5.74) is 1.26. The summed E-state index contributed by atoms with van der Waals surface area (Å²) in [6.07, 6.45) is 0. The highest BCUT2D eigenvalue weighted by atomic mass is 32.2. The second kappa shape index (κ2) is 8.11. The first-order valence-corrected chi connectivity index (χ1v) is 9.57. The van der Waals surface area contributed by atoms with Crippen LogP contribution < -0.4 is 5.32 Å². The molecular formula is C20H14N4O4S. The van der Waals surface area contributed by atoms with E-state index in [1.807, 2.05) is 42.5 Å². The average Bonchev–Trinajstić information content (AvgIpc) is 3.21. The fraction of sp³-hybridized carbons (Fsp3) is 0.0500. The van der Waals surface area contributed by atoms with Crippen molar-refractivity contribution >= 4 is 39.8 Å². The largest absolute Gasteiger partial charge is 0.411 e. The smallest absolute Gasteiger partial charge is 0.277 e. The van der Waals surface area contributed by atoms with E-state index >= 15 is 0 Å². The van der Waals surface area contributed by atoms with Crippen LogP contribution in [0, 0.1) is 10.1 Å². The van der Waals surface area contributed by atoms with Gasteiger partial charge in [0.1, 0.15) is 0 Å². The van der Waals surface area contributed by atoms with Gasteiger partial charge in [0.05, 0.1) is 10.7 Å². The van der Waals surface area contributed by atoms with Crippen LogP contribution in [0.25, 0.3) is 22.2 Å².